The van der Waals surface area contributed by atoms with Gasteiger partial charge in [0, 0.05) is 36.1 Å². The van der Waals surface area contributed by atoms with Crippen molar-refractivity contribution >= 4 is 23.5 Å². The maximum atomic E-state index is 12.4. The van der Waals surface area contributed by atoms with Gasteiger partial charge >= 0.3 is 5.97 Å². The molecule has 0 saturated carbocycles. The van der Waals surface area contributed by atoms with Crippen LogP contribution in [-0.2, 0) is 16.0 Å². The number of carbonyl (C=O) groups is 3. The molecule has 40 heavy (non-hydrogen) atoms. The molecular weight excluding hydrogens is 514 g/mol. The number of amides is 2. The molecular formula is C29H27N5O6. The molecule has 2 aromatic carbocycles. The average molecular weight is 542 g/mol. The molecule has 1 aliphatic rings. The van der Waals surface area contributed by atoms with Crippen molar-refractivity contribution in [2.75, 3.05) is 32.2 Å². The Morgan fingerprint density at radius 3 is 2.62 bits per heavy atom. The third kappa shape index (κ3) is 5.78. The number of hydrogen-bond acceptors (Lipinski definition) is 8. The second-order valence-corrected chi connectivity index (χ2v) is 8.85. The van der Waals surface area contributed by atoms with Crippen LogP contribution in [-0.4, -0.2) is 59.6 Å². The van der Waals surface area contributed by atoms with Crippen LogP contribution in [0.2, 0.25) is 0 Å². The van der Waals surface area contributed by atoms with E-state index in [2.05, 4.69) is 25.6 Å². The fourth-order valence-corrected chi connectivity index (χ4v) is 4.25. The van der Waals surface area contributed by atoms with Gasteiger partial charge in [0.2, 0.25) is 0 Å². The van der Waals surface area contributed by atoms with Gasteiger partial charge in [-0.1, -0.05) is 0 Å². The number of fused-ring (bicyclic) bond motifs is 1. The predicted molar refractivity (Wildman–Crippen MR) is 146 cm³/mol. The fourth-order valence-electron chi connectivity index (χ4n) is 4.25. The lowest BCUT2D eigenvalue weighted by molar-refractivity contribution is -0.118. The van der Waals surface area contributed by atoms with Crippen LogP contribution in [0.15, 0.2) is 60.8 Å². The summed E-state index contributed by atoms with van der Waals surface area (Å²) in [5.41, 5.74) is 4.50. The van der Waals surface area contributed by atoms with Crippen LogP contribution >= 0.6 is 0 Å². The first kappa shape index (κ1) is 26.4. The molecule has 0 radical (unpaired) electrons. The highest BCUT2D eigenvalue weighted by atomic mass is 16.5. The summed E-state index contributed by atoms with van der Waals surface area (Å²) in [4.78, 5) is 48.7. The summed E-state index contributed by atoms with van der Waals surface area (Å²) in [7, 11) is 1.50. The zero-order chi connectivity index (χ0) is 28.1. The van der Waals surface area contributed by atoms with Gasteiger partial charge < -0.3 is 29.8 Å². The zero-order valence-electron chi connectivity index (χ0n) is 21.9. The molecule has 11 heteroatoms. The van der Waals surface area contributed by atoms with Gasteiger partial charge in [0.25, 0.3) is 11.8 Å². The van der Waals surface area contributed by atoms with Crippen LogP contribution in [0, 0.1) is 0 Å². The molecule has 2 aromatic heterocycles. The van der Waals surface area contributed by atoms with Crippen LogP contribution in [0.1, 0.15) is 33.3 Å². The van der Waals surface area contributed by atoms with E-state index < -0.39 is 5.97 Å². The van der Waals surface area contributed by atoms with Crippen molar-refractivity contribution < 1.29 is 28.6 Å². The average Bonchev–Trinajstić information content (AvgIpc) is 3.43. The molecule has 0 unspecified atom stereocenters. The molecule has 0 spiro atoms. The van der Waals surface area contributed by atoms with E-state index in [0.717, 1.165) is 17.8 Å². The van der Waals surface area contributed by atoms with Crippen molar-refractivity contribution in [3.05, 3.63) is 77.6 Å². The molecule has 0 aliphatic carbocycles. The van der Waals surface area contributed by atoms with Crippen LogP contribution in [0.5, 0.6) is 11.5 Å². The molecule has 0 saturated heterocycles. The van der Waals surface area contributed by atoms with Crippen molar-refractivity contribution in [3.8, 4) is 34.3 Å². The lowest BCUT2D eigenvalue weighted by Gasteiger charge is -2.12. The third-order valence-electron chi connectivity index (χ3n) is 6.20. The highest BCUT2D eigenvalue weighted by molar-refractivity contribution is 5.97. The normalized spacial score (nSPS) is 12.2. The quantitative estimate of drug-likeness (QED) is 0.273. The van der Waals surface area contributed by atoms with Crippen molar-refractivity contribution in [1.29, 1.82) is 0 Å². The number of aromatic amines is 1. The minimum atomic E-state index is -0.423. The number of nitrogens with one attached hydrogen (secondary N) is 3. The standard InChI is InChI=1S/C29H27N5O6/c1-3-39-29(37)17-4-7-19(8-5-17)32-26(35)16-40-24-9-6-18(14-25(24)38-2)27-30-12-11-22(34-27)23-15-20-21(33-23)10-13-31-28(20)36/h4-9,11-12,14-15,33H,3,10,13,16H2,1-2H3,(H,31,36)(H,32,35). The number of esters is 1. The summed E-state index contributed by atoms with van der Waals surface area (Å²) in [6, 6.07) is 15.1. The van der Waals surface area contributed by atoms with Crippen LogP contribution < -0.4 is 20.1 Å². The van der Waals surface area contributed by atoms with E-state index in [1.165, 1.54) is 7.11 Å². The van der Waals surface area contributed by atoms with Gasteiger partial charge in [-0.3, -0.25) is 9.59 Å². The number of H-pyrrole nitrogens is 1. The largest absolute Gasteiger partial charge is 0.493 e. The molecule has 2 amide bonds. The van der Waals surface area contributed by atoms with Gasteiger partial charge in [-0.05, 0) is 61.5 Å². The number of nitrogens with zero attached hydrogens (tertiary/aromatic N) is 2. The van der Waals surface area contributed by atoms with Gasteiger partial charge in [0.05, 0.1) is 36.2 Å². The molecule has 3 heterocycles. The Hall–Kier alpha value is -5.19. The maximum absolute atomic E-state index is 12.4. The van der Waals surface area contributed by atoms with Crippen molar-refractivity contribution in [3.63, 3.8) is 0 Å². The summed E-state index contributed by atoms with van der Waals surface area (Å²) in [5, 5.41) is 5.56. The Labute approximate surface area is 229 Å². The van der Waals surface area contributed by atoms with Crippen molar-refractivity contribution in [2.24, 2.45) is 0 Å². The van der Waals surface area contributed by atoms with Crippen LogP contribution in [0.3, 0.4) is 0 Å². The van der Waals surface area contributed by atoms with Crippen molar-refractivity contribution in [1.82, 2.24) is 20.3 Å². The SMILES string of the molecule is CCOC(=O)c1ccc(NC(=O)COc2ccc(-c3nccc(-c4cc5c([nH]4)CCNC5=O)n3)cc2OC)cc1. The van der Waals surface area contributed by atoms with Crippen LogP contribution in [0.4, 0.5) is 5.69 Å². The number of aromatic nitrogens is 3. The predicted octanol–water partition coefficient (Wildman–Crippen LogP) is 3.63. The second-order valence-electron chi connectivity index (χ2n) is 8.85. The van der Waals surface area contributed by atoms with E-state index in [1.807, 2.05) is 0 Å². The minimum absolute atomic E-state index is 0.0982. The second kappa shape index (κ2) is 11.7. The first-order valence-corrected chi connectivity index (χ1v) is 12.7. The molecule has 4 aromatic rings. The molecule has 11 nitrogen and oxygen atoms in total. The summed E-state index contributed by atoms with van der Waals surface area (Å²) < 4.78 is 16.1. The molecule has 204 valence electrons. The highest BCUT2D eigenvalue weighted by Gasteiger charge is 2.21. The van der Waals surface area contributed by atoms with E-state index in [0.29, 0.717) is 51.9 Å². The van der Waals surface area contributed by atoms with E-state index in [4.69, 9.17) is 14.2 Å². The number of hydrogen-bond donors (Lipinski definition) is 3. The summed E-state index contributed by atoms with van der Waals surface area (Å²) >= 11 is 0. The van der Waals surface area contributed by atoms with Gasteiger partial charge in [0.1, 0.15) is 0 Å². The number of rotatable bonds is 9. The van der Waals surface area contributed by atoms with E-state index >= 15 is 0 Å². The number of benzene rings is 2. The molecule has 3 N–H and O–H groups in total. The first-order chi connectivity index (χ1) is 19.4. The Kier molecular flexibility index (Phi) is 7.72. The lowest BCUT2D eigenvalue weighted by Crippen LogP contribution is -2.31. The number of methoxy groups -OCH3 is 1. The maximum Gasteiger partial charge on any atom is 0.338 e. The topological polar surface area (TPSA) is 145 Å². The van der Waals surface area contributed by atoms with Gasteiger partial charge in [-0.2, -0.15) is 0 Å². The van der Waals surface area contributed by atoms with Gasteiger partial charge in [-0.25, -0.2) is 14.8 Å². The summed E-state index contributed by atoms with van der Waals surface area (Å²) in [6.07, 6.45) is 2.38. The Morgan fingerprint density at radius 2 is 1.88 bits per heavy atom. The number of carbonyl (C=O) groups excluding carboxylic acids is 3. The smallest absolute Gasteiger partial charge is 0.338 e. The van der Waals surface area contributed by atoms with E-state index in [9.17, 15) is 14.4 Å². The third-order valence-corrected chi connectivity index (χ3v) is 6.20. The molecule has 0 bridgehead atoms. The zero-order valence-corrected chi connectivity index (χ0v) is 21.9. The highest BCUT2D eigenvalue weighted by Crippen LogP contribution is 2.32. The van der Waals surface area contributed by atoms with Gasteiger partial charge in [0.15, 0.2) is 23.9 Å². The van der Waals surface area contributed by atoms with Gasteiger partial charge in [-0.15, -0.1) is 0 Å². The van der Waals surface area contributed by atoms with E-state index in [-0.39, 0.29) is 25.0 Å². The molecule has 0 atom stereocenters. The first-order valence-electron chi connectivity index (χ1n) is 12.7. The summed E-state index contributed by atoms with van der Waals surface area (Å²) in [6.45, 7) is 2.36. The molecule has 0 fully saturated rings. The van der Waals surface area contributed by atoms with E-state index in [1.54, 1.807) is 67.7 Å². The molecule has 1 aliphatic heterocycles. The number of anilines is 1. The molecule has 5 rings (SSSR count). The Morgan fingerprint density at radius 1 is 1.05 bits per heavy atom. The van der Waals surface area contributed by atoms with Crippen molar-refractivity contribution in [2.45, 2.75) is 13.3 Å². The summed E-state index contributed by atoms with van der Waals surface area (Å²) in [5.74, 6) is 0.340. The lowest BCUT2D eigenvalue weighted by atomic mass is 10.1. The Bertz CT molecular complexity index is 1560. The van der Waals surface area contributed by atoms with Crippen LogP contribution in [0.25, 0.3) is 22.8 Å². The fraction of sp³-hybridized carbons (Fsp3) is 0.207. The number of ether oxygens (including phenoxy) is 3. The minimum Gasteiger partial charge on any atom is -0.493 e. The monoisotopic (exact) mass is 541 g/mol. The Balaban J connectivity index is 1.25.